The Balaban J connectivity index is 1.69. The predicted molar refractivity (Wildman–Crippen MR) is 79.3 cm³/mol. The molecule has 1 aliphatic heterocycles. The fourth-order valence-electron chi connectivity index (χ4n) is 2.70. The maximum absolute atomic E-state index is 13.5. The average molecular weight is 305 g/mol. The molecule has 110 valence electrons. The molecule has 0 bridgehead atoms. The summed E-state index contributed by atoms with van der Waals surface area (Å²) in [5, 5.41) is 3.22. The lowest BCUT2D eigenvalue weighted by atomic mass is 10.1. The third-order valence-electron chi connectivity index (χ3n) is 3.76. The molecule has 3 nitrogen and oxygen atoms in total. The molecule has 0 saturated carbocycles. The van der Waals surface area contributed by atoms with Crippen LogP contribution < -0.4 is 5.32 Å². The SMILES string of the molecule is O=S1(=O)CC(NCCc2ccccc2F)c2ccccc21. The van der Waals surface area contributed by atoms with Gasteiger partial charge in [-0.15, -0.1) is 0 Å². The van der Waals surface area contributed by atoms with E-state index in [-0.39, 0.29) is 17.6 Å². The smallest absolute Gasteiger partial charge is 0.180 e. The summed E-state index contributed by atoms with van der Waals surface area (Å²) < 4.78 is 37.6. The zero-order chi connectivity index (χ0) is 14.9. The van der Waals surface area contributed by atoms with Gasteiger partial charge >= 0.3 is 0 Å². The van der Waals surface area contributed by atoms with Crippen molar-refractivity contribution >= 4 is 9.84 Å². The van der Waals surface area contributed by atoms with Crippen LogP contribution in [0, 0.1) is 5.82 Å². The summed E-state index contributed by atoms with van der Waals surface area (Å²) in [5.74, 6) is -0.150. The second-order valence-electron chi connectivity index (χ2n) is 5.17. The molecule has 0 spiro atoms. The van der Waals surface area contributed by atoms with Crippen LogP contribution in [0.3, 0.4) is 0 Å². The number of hydrogen-bond acceptors (Lipinski definition) is 3. The van der Waals surface area contributed by atoms with Crippen molar-refractivity contribution < 1.29 is 12.8 Å². The molecule has 2 aromatic rings. The van der Waals surface area contributed by atoms with E-state index in [1.165, 1.54) is 6.07 Å². The molecule has 1 N–H and O–H groups in total. The molecule has 0 amide bonds. The maximum Gasteiger partial charge on any atom is 0.180 e. The second kappa shape index (κ2) is 5.58. The Morgan fingerprint density at radius 1 is 1.10 bits per heavy atom. The summed E-state index contributed by atoms with van der Waals surface area (Å²) >= 11 is 0. The van der Waals surface area contributed by atoms with Crippen molar-refractivity contribution in [1.29, 1.82) is 0 Å². The van der Waals surface area contributed by atoms with E-state index < -0.39 is 9.84 Å². The molecule has 1 atom stereocenters. The number of benzene rings is 2. The highest BCUT2D eigenvalue weighted by Crippen LogP contribution is 2.32. The first-order valence-corrected chi connectivity index (χ1v) is 8.51. The maximum atomic E-state index is 13.5. The Bertz CT molecular complexity index is 758. The molecule has 1 unspecified atom stereocenters. The Morgan fingerprint density at radius 3 is 2.62 bits per heavy atom. The van der Waals surface area contributed by atoms with Crippen LogP contribution in [0.5, 0.6) is 0 Å². The highest BCUT2D eigenvalue weighted by Gasteiger charge is 2.33. The van der Waals surface area contributed by atoms with Crippen molar-refractivity contribution in [2.75, 3.05) is 12.3 Å². The molecule has 3 rings (SSSR count). The monoisotopic (exact) mass is 305 g/mol. The summed E-state index contributed by atoms with van der Waals surface area (Å²) in [6.45, 7) is 0.537. The molecule has 2 aromatic carbocycles. The summed E-state index contributed by atoms with van der Waals surface area (Å²) in [7, 11) is -3.19. The number of nitrogens with one attached hydrogen (secondary N) is 1. The lowest BCUT2D eigenvalue weighted by Crippen LogP contribution is -2.25. The average Bonchev–Trinajstić information content (AvgIpc) is 2.73. The molecule has 1 heterocycles. The van der Waals surface area contributed by atoms with Crippen molar-refractivity contribution in [2.45, 2.75) is 17.4 Å². The van der Waals surface area contributed by atoms with Crippen LogP contribution in [0.4, 0.5) is 4.39 Å². The number of rotatable bonds is 4. The molecular formula is C16H16FNO2S. The zero-order valence-corrected chi connectivity index (χ0v) is 12.2. The van der Waals surface area contributed by atoms with E-state index in [9.17, 15) is 12.8 Å². The summed E-state index contributed by atoms with van der Waals surface area (Å²) in [6, 6.07) is 13.5. The molecular weight excluding hydrogens is 289 g/mol. The van der Waals surface area contributed by atoms with Crippen molar-refractivity contribution in [3.8, 4) is 0 Å². The standard InChI is InChI=1S/C16H16FNO2S/c17-14-7-3-1-5-12(14)9-10-18-15-11-21(19,20)16-8-4-2-6-13(15)16/h1-8,15,18H,9-11H2. The van der Waals surface area contributed by atoms with Gasteiger partial charge in [-0.25, -0.2) is 12.8 Å². The minimum absolute atomic E-state index is 0.0730. The fourth-order valence-corrected chi connectivity index (χ4v) is 4.47. The first kappa shape index (κ1) is 14.2. The van der Waals surface area contributed by atoms with Gasteiger partial charge in [-0.05, 0) is 36.2 Å². The summed E-state index contributed by atoms with van der Waals surface area (Å²) in [5.41, 5.74) is 1.45. The van der Waals surface area contributed by atoms with Crippen LogP contribution in [0.25, 0.3) is 0 Å². The Morgan fingerprint density at radius 2 is 1.81 bits per heavy atom. The minimum Gasteiger partial charge on any atom is -0.309 e. The van der Waals surface area contributed by atoms with Crippen LogP contribution >= 0.6 is 0 Å². The third-order valence-corrected chi connectivity index (χ3v) is 5.57. The predicted octanol–water partition coefficient (Wildman–Crippen LogP) is 2.49. The molecule has 0 saturated heterocycles. The van der Waals surface area contributed by atoms with Gasteiger partial charge in [-0.2, -0.15) is 0 Å². The van der Waals surface area contributed by atoms with E-state index in [0.29, 0.717) is 23.4 Å². The Kier molecular flexibility index (Phi) is 3.78. The quantitative estimate of drug-likeness (QED) is 0.944. The van der Waals surface area contributed by atoms with Crippen LogP contribution in [0.2, 0.25) is 0 Å². The molecule has 0 aliphatic carbocycles. The van der Waals surface area contributed by atoms with Gasteiger partial charge in [-0.3, -0.25) is 0 Å². The van der Waals surface area contributed by atoms with Crippen LogP contribution in [-0.4, -0.2) is 20.7 Å². The van der Waals surface area contributed by atoms with Gasteiger partial charge in [0.15, 0.2) is 9.84 Å². The van der Waals surface area contributed by atoms with Gasteiger partial charge in [0.2, 0.25) is 0 Å². The highest BCUT2D eigenvalue weighted by atomic mass is 32.2. The fraction of sp³-hybridized carbons (Fsp3) is 0.250. The summed E-state index contributed by atoms with van der Waals surface area (Å²) in [6.07, 6.45) is 0.533. The van der Waals surface area contributed by atoms with Crippen molar-refractivity contribution in [2.24, 2.45) is 0 Å². The number of sulfone groups is 1. The largest absolute Gasteiger partial charge is 0.309 e. The van der Waals surface area contributed by atoms with Crippen molar-refractivity contribution in [1.82, 2.24) is 5.32 Å². The van der Waals surface area contributed by atoms with Crippen LogP contribution in [-0.2, 0) is 16.3 Å². The zero-order valence-electron chi connectivity index (χ0n) is 11.4. The van der Waals surface area contributed by atoms with E-state index in [1.54, 1.807) is 30.3 Å². The van der Waals surface area contributed by atoms with E-state index in [4.69, 9.17) is 0 Å². The van der Waals surface area contributed by atoms with Crippen LogP contribution in [0.1, 0.15) is 17.2 Å². The lowest BCUT2D eigenvalue weighted by molar-refractivity contribution is 0.556. The molecule has 0 radical (unpaired) electrons. The second-order valence-corrected chi connectivity index (χ2v) is 7.17. The molecule has 0 fully saturated rings. The van der Waals surface area contributed by atoms with Crippen molar-refractivity contribution in [3.63, 3.8) is 0 Å². The van der Waals surface area contributed by atoms with E-state index >= 15 is 0 Å². The molecule has 0 aromatic heterocycles. The van der Waals surface area contributed by atoms with E-state index in [2.05, 4.69) is 5.32 Å². The number of hydrogen-bond donors (Lipinski definition) is 1. The minimum atomic E-state index is -3.19. The first-order chi connectivity index (χ1) is 10.1. The van der Waals surface area contributed by atoms with Crippen LogP contribution in [0.15, 0.2) is 53.4 Å². The van der Waals surface area contributed by atoms with Gasteiger partial charge in [-0.1, -0.05) is 36.4 Å². The number of halogens is 1. The third kappa shape index (κ3) is 2.84. The topological polar surface area (TPSA) is 46.2 Å². The lowest BCUT2D eigenvalue weighted by Gasteiger charge is -2.12. The van der Waals surface area contributed by atoms with E-state index in [1.807, 2.05) is 12.1 Å². The first-order valence-electron chi connectivity index (χ1n) is 6.86. The molecule has 5 heteroatoms. The number of fused-ring (bicyclic) bond motifs is 1. The van der Waals surface area contributed by atoms with Gasteiger partial charge in [0.1, 0.15) is 5.82 Å². The van der Waals surface area contributed by atoms with Gasteiger partial charge < -0.3 is 5.32 Å². The van der Waals surface area contributed by atoms with Crippen molar-refractivity contribution in [3.05, 3.63) is 65.5 Å². The van der Waals surface area contributed by atoms with Gasteiger partial charge in [0.25, 0.3) is 0 Å². The highest BCUT2D eigenvalue weighted by molar-refractivity contribution is 7.91. The van der Waals surface area contributed by atoms with Gasteiger partial charge in [0.05, 0.1) is 10.6 Å². The Labute approximate surface area is 123 Å². The van der Waals surface area contributed by atoms with E-state index in [0.717, 1.165) is 5.56 Å². The Hall–Kier alpha value is -1.72. The summed E-state index contributed by atoms with van der Waals surface area (Å²) in [4.78, 5) is 0.411. The normalized spacial score (nSPS) is 19.4. The molecule has 1 aliphatic rings. The van der Waals surface area contributed by atoms with Gasteiger partial charge in [0, 0.05) is 6.04 Å². The molecule has 21 heavy (non-hydrogen) atoms.